The minimum atomic E-state index is -1.15. The fourth-order valence-corrected chi connectivity index (χ4v) is 2.76. The predicted molar refractivity (Wildman–Crippen MR) is 98.0 cm³/mol. The summed E-state index contributed by atoms with van der Waals surface area (Å²) in [5.41, 5.74) is -0.327. The number of carbonyl (C=O) groups is 2. The van der Waals surface area contributed by atoms with Crippen molar-refractivity contribution >= 4 is 34.2 Å². The Bertz CT molecular complexity index is 838. The Hall–Kier alpha value is -2.54. The molecule has 0 unspecified atom stereocenters. The highest BCUT2D eigenvalue weighted by Crippen LogP contribution is 2.34. The maximum Gasteiger partial charge on any atom is 0.326 e. The van der Waals surface area contributed by atoms with Gasteiger partial charge in [-0.25, -0.2) is 9.78 Å². The van der Waals surface area contributed by atoms with Crippen molar-refractivity contribution in [2.24, 2.45) is 0 Å². The summed E-state index contributed by atoms with van der Waals surface area (Å²) < 4.78 is 5.59. The highest BCUT2D eigenvalue weighted by Gasteiger charge is 2.24. The number of hydrogen-bond acceptors (Lipinski definition) is 5. The Kier molecular flexibility index (Phi) is 6.26. The number of nitrogens with one attached hydrogen (secondary N) is 1. The molecule has 0 radical (unpaired) electrons. The molecule has 7 nitrogen and oxygen atoms in total. The molecule has 0 spiro atoms. The number of ether oxygens (including phenoxy) is 1. The van der Waals surface area contributed by atoms with Crippen LogP contribution in [0.4, 0.5) is 0 Å². The molecule has 3 N–H and O–H groups in total. The molecule has 1 atom stereocenters. The van der Waals surface area contributed by atoms with E-state index in [9.17, 15) is 19.8 Å². The van der Waals surface area contributed by atoms with Crippen LogP contribution in [0.25, 0.3) is 10.8 Å². The second-order valence-corrected chi connectivity index (χ2v) is 6.48. The normalized spacial score (nSPS) is 12.2. The van der Waals surface area contributed by atoms with Gasteiger partial charge in [0.15, 0.2) is 11.4 Å². The summed E-state index contributed by atoms with van der Waals surface area (Å²) in [6.45, 7) is 5.53. The molecule has 8 heteroatoms. The Balaban J connectivity index is 2.45. The Morgan fingerprint density at radius 3 is 2.58 bits per heavy atom. The molecule has 1 heterocycles. The van der Waals surface area contributed by atoms with E-state index in [0.29, 0.717) is 22.9 Å². The number of amides is 1. The molecule has 2 aromatic rings. The fourth-order valence-electron chi connectivity index (χ4n) is 2.51. The smallest absolute Gasteiger partial charge is 0.326 e. The van der Waals surface area contributed by atoms with Gasteiger partial charge in [-0.1, -0.05) is 24.9 Å². The van der Waals surface area contributed by atoms with E-state index in [-0.39, 0.29) is 29.1 Å². The van der Waals surface area contributed by atoms with Crippen molar-refractivity contribution in [2.75, 3.05) is 0 Å². The van der Waals surface area contributed by atoms with Crippen LogP contribution in [0.15, 0.2) is 18.2 Å². The average Bonchev–Trinajstić information content (AvgIpc) is 2.56. The lowest BCUT2D eigenvalue weighted by atomic mass is 10.1. The second-order valence-electron chi connectivity index (χ2n) is 6.13. The molecule has 2 rings (SSSR count). The summed E-state index contributed by atoms with van der Waals surface area (Å²) in [4.78, 5) is 27.6. The minimum absolute atomic E-state index is 0.0291. The summed E-state index contributed by atoms with van der Waals surface area (Å²) in [6.07, 6.45) is 0.764. The van der Waals surface area contributed by atoms with Crippen LogP contribution in [0.1, 0.15) is 44.1 Å². The summed E-state index contributed by atoms with van der Waals surface area (Å²) in [6, 6.07) is 3.83. The first kappa shape index (κ1) is 19.8. The topological polar surface area (TPSA) is 109 Å². The highest BCUT2D eigenvalue weighted by atomic mass is 35.5. The maximum absolute atomic E-state index is 12.4. The number of aromatic nitrogens is 1. The number of carboxylic acids is 1. The van der Waals surface area contributed by atoms with Gasteiger partial charge in [0.25, 0.3) is 5.91 Å². The SMILES string of the molecule is CCC[C@@H](NC(=O)c1nc(Cl)c2ccc(OC(C)C)cc2c1O)C(=O)O. The zero-order chi connectivity index (χ0) is 19.4. The third kappa shape index (κ3) is 4.35. The number of benzene rings is 1. The van der Waals surface area contributed by atoms with Crippen molar-refractivity contribution in [1.82, 2.24) is 10.3 Å². The molecule has 0 aliphatic heterocycles. The number of halogens is 1. The molecule has 140 valence electrons. The predicted octanol–water partition coefficient (Wildman–Crippen LogP) is 3.36. The quantitative estimate of drug-likeness (QED) is 0.635. The third-order valence-electron chi connectivity index (χ3n) is 3.67. The Labute approximate surface area is 155 Å². The highest BCUT2D eigenvalue weighted by molar-refractivity contribution is 6.35. The fraction of sp³-hybridized carbons (Fsp3) is 0.389. The number of aliphatic carboxylic acids is 1. The lowest BCUT2D eigenvalue weighted by Crippen LogP contribution is -2.41. The number of rotatable bonds is 7. The molecule has 0 fully saturated rings. The van der Waals surface area contributed by atoms with Crippen molar-refractivity contribution in [2.45, 2.75) is 45.8 Å². The second kappa shape index (κ2) is 8.23. The van der Waals surface area contributed by atoms with Gasteiger partial charge in [-0.3, -0.25) is 4.79 Å². The lowest BCUT2D eigenvalue weighted by molar-refractivity contribution is -0.139. The zero-order valence-electron chi connectivity index (χ0n) is 14.7. The molecular formula is C18H21ClN2O5. The summed E-state index contributed by atoms with van der Waals surface area (Å²) in [7, 11) is 0. The van der Waals surface area contributed by atoms with Crippen LogP contribution in [-0.2, 0) is 4.79 Å². The molecule has 0 saturated heterocycles. The number of aromatic hydroxyl groups is 1. The van der Waals surface area contributed by atoms with Gasteiger partial charge in [0.05, 0.1) is 6.10 Å². The van der Waals surface area contributed by atoms with E-state index in [1.807, 2.05) is 13.8 Å². The first-order valence-electron chi connectivity index (χ1n) is 8.27. The van der Waals surface area contributed by atoms with E-state index in [4.69, 9.17) is 16.3 Å². The first-order chi connectivity index (χ1) is 12.2. The average molecular weight is 381 g/mol. The molecule has 26 heavy (non-hydrogen) atoms. The van der Waals surface area contributed by atoms with Gasteiger partial charge in [-0.2, -0.15) is 0 Å². The third-order valence-corrected chi connectivity index (χ3v) is 3.96. The monoisotopic (exact) mass is 380 g/mol. The van der Waals surface area contributed by atoms with Gasteiger partial charge in [0.1, 0.15) is 16.9 Å². The van der Waals surface area contributed by atoms with Crippen molar-refractivity contribution in [3.63, 3.8) is 0 Å². The van der Waals surface area contributed by atoms with Crippen LogP contribution in [0.2, 0.25) is 5.15 Å². The lowest BCUT2D eigenvalue weighted by Gasteiger charge is -2.15. The summed E-state index contributed by atoms with van der Waals surface area (Å²) in [5.74, 6) is -1.83. The van der Waals surface area contributed by atoms with Gasteiger partial charge >= 0.3 is 5.97 Å². The van der Waals surface area contributed by atoms with Crippen LogP contribution in [-0.4, -0.2) is 39.2 Å². The van der Waals surface area contributed by atoms with Crippen molar-refractivity contribution in [1.29, 1.82) is 0 Å². The first-order valence-corrected chi connectivity index (χ1v) is 8.64. The Morgan fingerprint density at radius 2 is 2.00 bits per heavy atom. The number of fused-ring (bicyclic) bond motifs is 1. The summed E-state index contributed by atoms with van der Waals surface area (Å²) >= 11 is 6.14. The van der Waals surface area contributed by atoms with Gasteiger partial charge in [-0.15, -0.1) is 0 Å². The maximum atomic E-state index is 12.4. The number of carboxylic acid groups (broad SMARTS) is 1. The number of hydrogen-bond donors (Lipinski definition) is 3. The molecule has 0 aliphatic carbocycles. The van der Waals surface area contributed by atoms with Crippen molar-refractivity contribution < 1.29 is 24.5 Å². The standard InChI is InChI=1S/C18H21ClN2O5/c1-4-5-13(18(24)25)20-17(23)14-15(22)12-8-10(26-9(2)3)6-7-11(12)16(19)21-14/h6-9,13,22H,4-5H2,1-3H3,(H,20,23)(H,24,25)/t13-/m1/s1. The largest absolute Gasteiger partial charge is 0.505 e. The van der Waals surface area contributed by atoms with E-state index in [1.54, 1.807) is 25.1 Å². The number of carbonyl (C=O) groups excluding carboxylic acids is 1. The molecule has 1 amide bonds. The van der Waals surface area contributed by atoms with E-state index in [0.717, 1.165) is 0 Å². The molecule has 1 aromatic carbocycles. The van der Waals surface area contributed by atoms with Gasteiger partial charge in [0, 0.05) is 10.8 Å². The number of nitrogens with zero attached hydrogens (tertiary/aromatic N) is 1. The molecule has 0 saturated carbocycles. The zero-order valence-corrected chi connectivity index (χ0v) is 15.5. The minimum Gasteiger partial charge on any atom is -0.505 e. The summed E-state index contributed by atoms with van der Waals surface area (Å²) in [5, 5.41) is 22.8. The Morgan fingerprint density at radius 1 is 1.31 bits per heavy atom. The molecule has 1 aromatic heterocycles. The van der Waals surface area contributed by atoms with E-state index >= 15 is 0 Å². The number of pyridine rings is 1. The van der Waals surface area contributed by atoms with Crippen LogP contribution in [0.5, 0.6) is 11.5 Å². The van der Waals surface area contributed by atoms with Crippen LogP contribution in [0.3, 0.4) is 0 Å². The van der Waals surface area contributed by atoms with E-state index < -0.39 is 17.9 Å². The van der Waals surface area contributed by atoms with Gasteiger partial charge in [0.2, 0.25) is 0 Å². The van der Waals surface area contributed by atoms with Crippen LogP contribution in [0, 0.1) is 0 Å². The van der Waals surface area contributed by atoms with Gasteiger partial charge < -0.3 is 20.3 Å². The van der Waals surface area contributed by atoms with Crippen LogP contribution >= 0.6 is 11.6 Å². The molecule has 0 aliphatic rings. The van der Waals surface area contributed by atoms with Crippen LogP contribution < -0.4 is 10.1 Å². The van der Waals surface area contributed by atoms with E-state index in [1.165, 1.54) is 0 Å². The van der Waals surface area contributed by atoms with Crippen molar-refractivity contribution in [3.8, 4) is 11.5 Å². The molecular weight excluding hydrogens is 360 g/mol. The van der Waals surface area contributed by atoms with Crippen molar-refractivity contribution in [3.05, 3.63) is 29.0 Å². The molecule has 0 bridgehead atoms. The van der Waals surface area contributed by atoms with Gasteiger partial charge in [-0.05, 0) is 38.5 Å². The van der Waals surface area contributed by atoms with E-state index in [2.05, 4.69) is 10.3 Å².